The fourth-order valence-corrected chi connectivity index (χ4v) is 3.75. The van der Waals surface area contributed by atoms with Gasteiger partial charge in [0.1, 0.15) is 0 Å². The Bertz CT molecular complexity index is 673. The quantitative estimate of drug-likeness (QED) is 0.892. The number of urea groups is 1. The van der Waals surface area contributed by atoms with Gasteiger partial charge in [0.15, 0.2) is 5.13 Å². The van der Waals surface area contributed by atoms with E-state index in [-0.39, 0.29) is 11.6 Å². The second-order valence-corrected chi connectivity index (χ2v) is 7.93. The van der Waals surface area contributed by atoms with Crippen LogP contribution in [0.15, 0.2) is 24.3 Å². The van der Waals surface area contributed by atoms with Gasteiger partial charge in [-0.05, 0) is 33.0 Å². The number of aromatic nitrogens is 1. The number of rotatable bonds is 4. The third kappa shape index (κ3) is 4.03. The van der Waals surface area contributed by atoms with E-state index >= 15 is 0 Å². The van der Waals surface area contributed by atoms with Gasteiger partial charge in [-0.15, -0.1) is 0 Å². The number of amides is 2. The molecule has 2 aromatic rings. The van der Waals surface area contributed by atoms with Gasteiger partial charge in [-0.25, -0.2) is 9.78 Å². The molecule has 1 aromatic carbocycles. The Hall–Kier alpha value is -1.70. The zero-order chi connectivity index (χ0) is 17.2. The number of piperazine rings is 1. The molecule has 7 heteroatoms. The minimum atomic E-state index is -0.198. The lowest BCUT2D eigenvalue weighted by atomic mass is 10.0. The third-order valence-electron chi connectivity index (χ3n) is 4.56. The smallest absolute Gasteiger partial charge is 0.321 e. The number of para-hydroxylation sites is 1. The third-order valence-corrected chi connectivity index (χ3v) is 5.51. The predicted molar refractivity (Wildman–Crippen MR) is 99.8 cm³/mol. The first-order valence-electron chi connectivity index (χ1n) is 8.28. The van der Waals surface area contributed by atoms with E-state index in [1.165, 1.54) is 11.3 Å². The Morgan fingerprint density at radius 1 is 1.25 bits per heavy atom. The molecule has 24 heavy (non-hydrogen) atoms. The van der Waals surface area contributed by atoms with E-state index < -0.39 is 0 Å². The number of carbonyl (C=O) groups is 1. The van der Waals surface area contributed by atoms with E-state index in [1.807, 2.05) is 24.3 Å². The fraction of sp³-hybridized carbons (Fsp3) is 0.529. The molecule has 3 rings (SSSR count). The lowest BCUT2D eigenvalue weighted by Crippen LogP contribution is -2.58. The van der Waals surface area contributed by atoms with Crippen molar-refractivity contribution in [2.75, 3.05) is 45.1 Å². The monoisotopic (exact) mass is 347 g/mol. The first-order chi connectivity index (χ1) is 11.4. The highest BCUT2D eigenvalue weighted by molar-refractivity contribution is 7.22. The number of nitrogens with zero attached hydrogens (tertiary/aromatic N) is 3. The second-order valence-electron chi connectivity index (χ2n) is 6.90. The Balaban J connectivity index is 1.53. The topological polar surface area (TPSA) is 60.5 Å². The average molecular weight is 347 g/mol. The molecule has 6 nitrogen and oxygen atoms in total. The van der Waals surface area contributed by atoms with Gasteiger partial charge in [-0.3, -0.25) is 10.2 Å². The number of hydrogen-bond acceptors (Lipinski definition) is 5. The number of carbonyl (C=O) groups excluding carboxylic acids is 1. The van der Waals surface area contributed by atoms with E-state index in [9.17, 15) is 4.79 Å². The van der Waals surface area contributed by atoms with E-state index in [4.69, 9.17) is 0 Å². The lowest BCUT2D eigenvalue weighted by molar-refractivity contribution is 0.0636. The molecule has 0 spiro atoms. The molecule has 0 aliphatic carbocycles. The van der Waals surface area contributed by atoms with Crippen molar-refractivity contribution in [3.8, 4) is 0 Å². The molecule has 2 heterocycles. The molecule has 0 radical (unpaired) electrons. The van der Waals surface area contributed by atoms with Crippen LogP contribution in [-0.2, 0) is 0 Å². The molecular formula is C17H25N5OS. The molecule has 2 amide bonds. The van der Waals surface area contributed by atoms with Crippen molar-refractivity contribution in [2.45, 2.75) is 19.4 Å². The van der Waals surface area contributed by atoms with Gasteiger partial charge in [0, 0.05) is 38.3 Å². The number of anilines is 1. The van der Waals surface area contributed by atoms with Crippen molar-refractivity contribution < 1.29 is 4.79 Å². The van der Waals surface area contributed by atoms with Crippen LogP contribution in [0.5, 0.6) is 0 Å². The van der Waals surface area contributed by atoms with E-state index in [1.54, 1.807) is 0 Å². The van der Waals surface area contributed by atoms with Crippen LogP contribution in [0.3, 0.4) is 0 Å². The highest BCUT2D eigenvalue weighted by atomic mass is 32.1. The van der Waals surface area contributed by atoms with Crippen LogP contribution in [0.2, 0.25) is 0 Å². The summed E-state index contributed by atoms with van der Waals surface area (Å²) in [6.07, 6.45) is 0. The van der Waals surface area contributed by atoms with E-state index in [0.717, 1.165) is 36.4 Å². The molecule has 130 valence electrons. The summed E-state index contributed by atoms with van der Waals surface area (Å²) in [4.78, 5) is 21.4. The first-order valence-corrected chi connectivity index (χ1v) is 9.10. The van der Waals surface area contributed by atoms with Crippen molar-refractivity contribution in [1.82, 2.24) is 20.1 Å². The summed E-state index contributed by atoms with van der Waals surface area (Å²) in [7, 11) is 2.15. The van der Waals surface area contributed by atoms with Crippen LogP contribution >= 0.6 is 11.3 Å². The maximum atomic E-state index is 12.2. The zero-order valence-corrected chi connectivity index (χ0v) is 15.3. The van der Waals surface area contributed by atoms with Gasteiger partial charge in [-0.1, -0.05) is 23.5 Å². The van der Waals surface area contributed by atoms with Gasteiger partial charge >= 0.3 is 6.03 Å². The molecule has 1 saturated heterocycles. The Morgan fingerprint density at radius 3 is 2.67 bits per heavy atom. The summed E-state index contributed by atoms with van der Waals surface area (Å²) in [6.45, 7) is 9.16. The maximum Gasteiger partial charge on any atom is 0.321 e. The predicted octanol–water partition coefficient (Wildman–Crippen LogP) is 2.44. The van der Waals surface area contributed by atoms with E-state index in [2.05, 4.69) is 46.3 Å². The van der Waals surface area contributed by atoms with Crippen molar-refractivity contribution in [2.24, 2.45) is 0 Å². The summed E-state index contributed by atoms with van der Waals surface area (Å²) < 4.78 is 1.07. The van der Waals surface area contributed by atoms with Gasteiger partial charge in [0.05, 0.1) is 10.2 Å². The normalized spacial score (nSPS) is 17.1. The van der Waals surface area contributed by atoms with E-state index in [0.29, 0.717) is 11.7 Å². The maximum absolute atomic E-state index is 12.2. The minimum absolute atomic E-state index is 0.0633. The molecule has 1 fully saturated rings. The molecular weight excluding hydrogens is 322 g/mol. The van der Waals surface area contributed by atoms with Crippen LogP contribution in [0.25, 0.3) is 10.2 Å². The number of fused-ring (bicyclic) bond motifs is 1. The van der Waals surface area contributed by atoms with Crippen LogP contribution in [0, 0.1) is 0 Å². The average Bonchev–Trinajstić information content (AvgIpc) is 2.95. The van der Waals surface area contributed by atoms with Crippen molar-refractivity contribution >= 4 is 32.7 Å². The second kappa shape index (κ2) is 7.04. The Kier molecular flexibility index (Phi) is 5.03. The number of thiazole rings is 1. The highest BCUT2D eigenvalue weighted by Crippen LogP contribution is 2.25. The first kappa shape index (κ1) is 17.1. The molecule has 1 aliphatic heterocycles. The molecule has 0 bridgehead atoms. The highest BCUT2D eigenvalue weighted by Gasteiger charge is 2.29. The molecule has 0 unspecified atom stereocenters. The van der Waals surface area contributed by atoms with Crippen LogP contribution in [0.4, 0.5) is 9.93 Å². The van der Waals surface area contributed by atoms with Gasteiger partial charge in [0.2, 0.25) is 0 Å². The molecule has 1 aliphatic rings. The molecule has 0 saturated carbocycles. The number of nitrogens with one attached hydrogen (secondary N) is 2. The molecule has 2 N–H and O–H groups in total. The zero-order valence-electron chi connectivity index (χ0n) is 14.5. The summed E-state index contributed by atoms with van der Waals surface area (Å²) in [6, 6.07) is 7.68. The Morgan fingerprint density at radius 2 is 1.96 bits per heavy atom. The van der Waals surface area contributed by atoms with Gasteiger partial charge in [0.25, 0.3) is 0 Å². The fourth-order valence-electron chi connectivity index (χ4n) is 2.89. The summed E-state index contributed by atoms with van der Waals surface area (Å²) in [5.74, 6) is 0. The SMILES string of the molecule is CN1CCN(C(C)(C)CNC(=O)Nc2nc3ccccc3s2)CC1. The number of hydrogen-bond donors (Lipinski definition) is 2. The largest absolute Gasteiger partial charge is 0.336 e. The van der Waals surface area contributed by atoms with Crippen molar-refractivity contribution in [3.63, 3.8) is 0 Å². The summed E-state index contributed by atoms with van der Waals surface area (Å²) in [5.41, 5.74) is 0.849. The van der Waals surface area contributed by atoms with Crippen LogP contribution < -0.4 is 10.6 Å². The van der Waals surface area contributed by atoms with Crippen LogP contribution in [-0.4, -0.2) is 66.1 Å². The van der Waals surface area contributed by atoms with Gasteiger partial charge in [-0.2, -0.15) is 0 Å². The molecule has 0 atom stereocenters. The molecule has 1 aromatic heterocycles. The van der Waals surface area contributed by atoms with Gasteiger partial charge < -0.3 is 10.2 Å². The number of likely N-dealkylation sites (N-methyl/N-ethyl adjacent to an activating group) is 1. The number of benzene rings is 1. The minimum Gasteiger partial charge on any atom is -0.336 e. The summed E-state index contributed by atoms with van der Waals surface area (Å²) >= 11 is 1.49. The van der Waals surface area contributed by atoms with Crippen LogP contribution in [0.1, 0.15) is 13.8 Å². The lowest BCUT2D eigenvalue weighted by Gasteiger charge is -2.43. The Labute approximate surface area is 146 Å². The standard InChI is InChI=1S/C17H25N5OS/c1-17(2,22-10-8-21(3)9-11-22)12-18-15(23)20-16-19-13-6-4-5-7-14(13)24-16/h4-7H,8-12H2,1-3H3,(H2,18,19,20,23). The summed E-state index contributed by atoms with van der Waals surface area (Å²) in [5, 5.41) is 6.46. The van der Waals surface area contributed by atoms with Crippen molar-refractivity contribution in [3.05, 3.63) is 24.3 Å². The van der Waals surface area contributed by atoms with Crippen molar-refractivity contribution in [1.29, 1.82) is 0 Å².